The molecule has 0 fully saturated rings. The summed E-state index contributed by atoms with van der Waals surface area (Å²) in [6.45, 7) is 43.4. The molecule has 601 valence electrons. The van der Waals surface area contributed by atoms with Crippen LogP contribution in [0.2, 0.25) is 54.4 Å². The van der Waals surface area contributed by atoms with Crippen molar-refractivity contribution in [2.45, 2.75) is 157 Å². The summed E-state index contributed by atoms with van der Waals surface area (Å²) in [6, 6.07) is 6.88. The van der Waals surface area contributed by atoms with Crippen LogP contribution < -0.4 is 193 Å². The second-order valence-electron chi connectivity index (χ2n) is 26.2. The van der Waals surface area contributed by atoms with Crippen molar-refractivity contribution >= 4 is 80.2 Å². The topological polar surface area (TPSA) is 286 Å². The van der Waals surface area contributed by atoms with Gasteiger partial charge in [-0.1, -0.05) is 67.5 Å². The minimum atomic E-state index is -2.14. The van der Waals surface area contributed by atoms with Gasteiger partial charge in [0.2, 0.25) is 5.91 Å². The number of anilines is 1. The molecule has 0 spiro atoms. The maximum absolute atomic E-state index is 14.3. The molecule has 0 unspecified atom stereocenters. The van der Waals surface area contributed by atoms with Crippen LogP contribution in [0.4, 0.5) is 83.0 Å². The smallest absolute Gasteiger partial charge is 1.00 e. The quantitative estimate of drug-likeness (QED) is 0.0141. The van der Waals surface area contributed by atoms with E-state index in [0.29, 0.717) is 24.3 Å². The number of hydroxylamine groups is 1. The van der Waals surface area contributed by atoms with Crippen LogP contribution in [0.25, 0.3) is 20.7 Å². The Morgan fingerprint density at radius 3 is 1.19 bits per heavy atom. The molecule has 1 heterocycles. The summed E-state index contributed by atoms with van der Waals surface area (Å²) in [6.07, 6.45) is 0.0570. The summed E-state index contributed by atoms with van der Waals surface area (Å²) in [5.74, 6) is -16.7. The van der Waals surface area contributed by atoms with Gasteiger partial charge in [0.25, 0.3) is 17.8 Å². The van der Waals surface area contributed by atoms with Crippen molar-refractivity contribution in [3.05, 3.63) is 198 Å². The SMILES string of the molecule is CC(=O)NO.CC(C)(C)[Si](C)(C)OCc1cc(F)cc(F)c1F.COc1c(F)c(CO)cc2onc(N)c12.C[O-].O=CO[O-].O=Cc1cc(F)cc(F)c1F.OCc1cc(F)cc(F)c1F.[B].[C-]#[N+]c1c(F)cc(CO[Si](C)(C)C(C)(C)C)c(F)c1F.[C-]#[N+]c1c(F)cc(CO[Si](C)(C)C(C)(C)C)c(F)c1OC.[H-].[H-].[K+].[K+].[Na+].[Na+]. The normalized spacial score (nSPS) is 10.5. The zero-order valence-electron chi connectivity index (χ0n) is 68.3. The molecule has 20 nitrogen and oxygen atoms in total. The number of aldehydes is 1. The first kappa shape index (κ1) is 122. The Kier molecular flexibility index (Phi) is 61.6. The van der Waals surface area contributed by atoms with E-state index >= 15 is 0 Å². The van der Waals surface area contributed by atoms with E-state index < -0.39 is 148 Å². The van der Waals surface area contributed by atoms with Gasteiger partial charge in [-0.3, -0.25) is 19.6 Å². The van der Waals surface area contributed by atoms with Crippen molar-refractivity contribution in [3.63, 3.8) is 0 Å². The standard InChI is InChI=1S/C15H21F2NO2Si.C14H18F3NOSi.C13H19F3OSi.C9H9FN2O3.C7H5F3O.C7H3F3O.C2H5NO2.CH2O3.CH3O.B.2K.2Na.2H/c1-15(2,3)21(6,7)20-9-10-8-11(16)13(18-4)14(19-5)12(10)17;1-14(2,3)20(5,6)19-8-9-7-10(15)13(18-4)12(17)11(9)16;1-13(2,3)18(4,5)17-8-9-6-10(14)7-11(15)12(9)16;1-14-8-6-5(15-12-9(6)11)2-4(3-13)7(8)10;2*8-5-1-4(3-11)7(10)6(9)2-5;1-2(4)3-5;2-1-4-3;1-2;;;;;;;/h8H,9H2,1-3,5-7H3;7H,8H2,1-3,5-6H3;6-7H,8H2,1-5H3;2,13H,3H2,1H3,(H2,11,12);1-2,11H,3H2;1-3H;5H,1H3,(H,3,4);1,3H;1H3;;;;;;;/q;;;;;;;;-1;;4*+1;2*-1/p-1. The summed E-state index contributed by atoms with van der Waals surface area (Å²) in [7, 11) is -2.99. The predicted octanol–water partition coefficient (Wildman–Crippen LogP) is 4.19. The van der Waals surface area contributed by atoms with Gasteiger partial charge in [-0.2, -0.15) is 7.11 Å². The molecule has 3 radical (unpaired) electrons. The number of nitrogen functional groups attached to an aromatic ring is 1. The van der Waals surface area contributed by atoms with Gasteiger partial charge in [0, 0.05) is 61.4 Å². The van der Waals surface area contributed by atoms with Crippen LogP contribution in [0.1, 0.15) is 110 Å². The molecule has 1 aromatic heterocycles. The number of nitrogens with two attached hydrogens (primary N) is 1. The first-order valence-electron chi connectivity index (χ1n) is 30.7. The number of hydrogen-bond donors (Lipinski definition) is 5. The van der Waals surface area contributed by atoms with E-state index in [1.165, 1.54) is 32.7 Å². The summed E-state index contributed by atoms with van der Waals surface area (Å²) >= 11 is 0. The fourth-order valence-corrected chi connectivity index (χ4v) is 9.68. The number of amides is 1. The Balaban J connectivity index is -0.000000161. The van der Waals surface area contributed by atoms with Crippen LogP contribution in [0.5, 0.6) is 11.5 Å². The molecule has 0 atom stereocenters. The molecule has 112 heavy (non-hydrogen) atoms. The number of nitrogens with one attached hydrogen (secondary N) is 1. The summed E-state index contributed by atoms with van der Waals surface area (Å²) in [4.78, 5) is 36.3. The molecule has 7 rings (SSSR count). The molecular weight excluding hydrogens is 1640 g/mol. The number of carbonyl (C=O) groups is 3. The van der Waals surface area contributed by atoms with Crippen LogP contribution in [0.15, 0.2) is 59.1 Å². The molecule has 6 N–H and O–H groups in total. The van der Waals surface area contributed by atoms with Crippen molar-refractivity contribution in [1.82, 2.24) is 10.6 Å². The molecule has 6 aromatic carbocycles. The van der Waals surface area contributed by atoms with Crippen molar-refractivity contribution < 1.29 is 303 Å². The van der Waals surface area contributed by atoms with E-state index in [1.807, 2.05) is 80.8 Å². The van der Waals surface area contributed by atoms with Crippen molar-refractivity contribution in [3.8, 4) is 11.5 Å². The molecular formula is C69H86BF15K2N5Na2O15Si3. The number of aliphatic hydroxyl groups is 2. The molecule has 0 bridgehead atoms. The predicted molar refractivity (Wildman–Crippen MR) is 375 cm³/mol. The monoisotopic (exact) mass is 1730 g/mol. The van der Waals surface area contributed by atoms with Crippen LogP contribution in [0.3, 0.4) is 0 Å². The number of ether oxygens (including phenoxy) is 2. The maximum Gasteiger partial charge on any atom is 1.00 e. The minimum absolute atomic E-state index is 0. The van der Waals surface area contributed by atoms with Gasteiger partial charge >= 0.3 is 162 Å². The number of benzene rings is 6. The molecule has 7 aromatic rings. The van der Waals surface area contributed by atoms with Crippen molar-refractivity contribution in [2.75, 3.05) is 27.1 Å². The van der Waals surface area contributed by atoms with E-state index in [-0.39, 0.29) is 277 Å². The van der Waals surface area contributed by atoms with Gasteiger partial charge in [-0.15, -0.1) is 0 Å². The van der Waals surface area contributed by atoms with Gasteiger partial charge in [0.1, 0.15) is 34.5 Å². The molecule has 0 aliphatic carbocycles. The molecule has 0 saturated carbocycles. The number of fused-ring (bicyclic) bond motifs is 1. The fourth-order valence-electron chi connectivity index (χ4n) is 6.83. The number of nitrogens with zero attached hydrogens (tertiary/aromatic N) is 3. The average Bonchev–Trinajstić information content (AvgIpc) is 1.66. The zero-order chi connectivity index (χ0) is 83.8. The van der Waals surface area contributed by atoms with Crippen LogP contribution in [-0.4, -0.2) is 93.9 Å². The number of methoxy groups -OCH3 is 2. The summed E-state index contributed by atoms with van der Waals surface area (Å²) in [5.41, 5.74) is 4.72. The van der Waals surface area contributed by atoms with Crippen LogP contribution in [0, 0.1) is 100 Å². The maximum atomic E-state index is 14.3. The van der Waals surface area contributed by atoms with Crippen molar-refractivity contribution in [1.29, 1.82) is 0 Å². The number of halogens is 15. The average molecular weight is 1730 g/mol. The van der Waals surface area contributed by atoms with Gasteiger partial charge < -0.3 is 61.3 Å². The zero-order valence-corrected chi connectivity index (χ0v) is 79.5. The largest absolute Gasteiger partial charge is 1.00 e. The second kappa shape index (κ2) is 56.7. The van der Waals surface area contributed by atoms with Gasteiger partial charge in [0.05, 0.1) is 66.0 Å². The van der Waals surface area contributed by atoms with Gasteiger partial charge in [-0.05, 0) is 90.8 Å². The molecule has 1 amide bonds. The third kappa shape index (κ3) is 38.4. The Bertz CT molecular complexity index is 4220. The summed E-state index contributed by atoms with van der Waals surface area (Å²) in [5, 5.41) is 45.2. The molecule has 43 heteroatoms. The van der Waals surface area contributed by atoms with E-state index in [0.717, 1.165) is 31.4 Å². The van der Waals surface area contributed by atoms with Crippen molar-refractivity contribution in [2.24, 2.45) is 0 Å². The Morgan fingerprint density at radius 2 is 0.857 bits per heavy atom. The third-order valence-electron chi connectivity index (χ3n) is 15.8. The Morgan fingerprint density at radius 1 is 0.545 bits per heavy atom. The molecule has 0 aliphatic rings. The third-order valence-corrected chi connectivity index (χ3v) is 29.3. The molecule has 0 saturated heterocycles. The van der Waals surface area contributed by atoms with E-state index in [2.05, 4.69) is 40.5 Å². The van der Waals surface area contributed by atoms with E-state index in [4.69, 9.17) is 76.7 Å². The first-order valence-corrected chi connectivity index (χ1v) is 39.4. The second-order valence-corrected chi connectivity index (χ2v) is 40.6. The number of rotatable bonds is 15. The van der Waals surface area contributed by atoms with E-state index in [1.54, 1.807) is 0 Å². The van der Waals surface area contributed by atoms with E-state index in [9.17, 15) is 75.4 Å². The first-order chi connectivity index (χ1) is 49.3. The number of carbonyl (C=O) groups excluding carboxylic acids is 3. The fraction of sp³-hybridized carbons (Fsp3) is 0.391. The molecule has 0 aliphatic heterocycles. The number of aromatic nitrogens is 1. The Hall–Kier alpha value is -3.60. The van der Waals surface area contributed by atoms with Gasteiger partial charge in [0.15, 0.2) is 112 Å². The van der Waals surface area contributed by atoms with Crippen LogP contribution in [-0.2, 0) is 60.8 Å². The Labute approximate surface area is 777 Å². The van der Waals surface area contributed by atoms with Gasteiger partial charge in [-0.25, -0.2) is 81.0 Å². The minimum Gasteiger partial charge on any atom is -1.00 e. The number of hydrogen-bond acceptors (Lipinski definition) is 17. The summed E-state index contributed by atoms with van der Waals surface area (Å²) < 4.78 is 228. The number of aliphatic hydroxyl groups excluding tert-OH is 2. The van der Waals surface area contributed by atoms with Crippen LogP contribution >= 0.6 is 0 Å².